The van der Waals surface area contributed by atoms with E-state index in [1.807, 2.05) is 6.92 Å². The Hall–Kier alpha value is -1.58. The number of hydrogen-bond acceptors (Lipinski definition) is 4. The van der Waals surface area contributed by atoms with Crippen molar-refractivity contribution in [2.24, 2.45) is 0 Å². The first kappa shape index (κ1) is 18.8. The summed E-state index contributed by atoms with van der Waals surface area (Å²) in [5, 5.41) is 6.07. The predicted molar refractivity (Wildman–Crippen MR) is 99.0 cm³/mol. The summed E-state index contributed by atoms with van der Waals surface area (Å²) < 4.78 is 31.9. The van der Waals surface area contributed by atoms with E-state index in [0.29, 0.717) is 10.6 Å². The molecule has 0 aliphatic heterocycles. The van der Waals surface area contributed by atoms with Crippen LogP contribution in [0.2, 0.25) is 0 Å². The van der Waals surface area contributed by atoms with Crippen LogP contribution in [0, 0.1) is 25.5 Å². The zero-order valence-electron chi connectivity index (χ0n) is 12.9. The minimum Gasteiger partial charge on any atom is -0.465 e. The summed E-state index contributed by atoms with van der Waals surface area (Å²) >= 11 is 9.56. The molecule has 0 saturated carbocycles. The largest absolute Gasteiger partial charge is 0.465 e. The molecule has 0 saturated heterocycles. The van der Waals surface area contributed by atoms with Gasteiger partial charge in [-0.25, -0.2) is 13.6 Å². The molecule has 0 spiro atoms. The number of carbonyl (C=O) groups excluding carboxylic acids is 1. The number of thiocarbonyl (C=S) groups is 1. The van der Waals surface area contributed by atoms with Crippen molar-refractivity contribution in [3.05, 3.63) is 44.2 Å². The van der Waals surface area contributed by atoms with Gasteiger partial charge in [0.05, 0.1) is 18.4 Å². The SMILES string of the molecule is COC(=O)c1c(NC(=S)Nc2c(F)cc(F)cc2Br)sc(C)c1C. The third-order valence-electron chi connectivity index (χ3n) is 3.25. The molecule has 0 bridgehead atoms. The second kappa shape index (κ2) is 7.54. The van der Waals surface area contributed by atoms with E-state index in [2.05, 4.69) is 26.6 Å². The fourth-order valence-corrected chi connectivity index (χ4v) is 3.80. The van der Waals surface area contributed by atoms with Gasteiger partial charge in [-0.1, -0.05) is 0 Å². The van der Waals surface area contributed by atoms with Crippen LogP contribution in [0.15, 0.2) is 16.6 Å². The maximum Gasteiger partial charge on any atom is 0.341 e. The summed E-state index contributed by atoms with van der Waals surface area (Å²) in [6.07, 6.45) is 0. The number of ether oxygens (including phenoxy) is 1. The number of aryl methyl sites for hydroxylation is 1. The van der Waals surface area contributed by atoms with E-state index in [0.717, 1.165) is 22.6 Å². The number of methoxy groups -OCH3 is 1. The van der Waals surface area contributed by atoms with E-state index in [-0.39, 0.29) is 15.3 Å². The van der Waals surface area contributed by atoms with Gasteiger partial charge in [-0.15, -0.1) is 11.3 Å². The molecule has 9 heteroatoms. The Morgan fingerprint density at radius 1 is 1.29 bits per heavy atom. The van der Waals surface area contributed by atoms with Crippen molar-refractivity contribution < 1.29 is 18.3 Å². The molecular formula is C15H13BrF2N2O2S2. The summed E-state index contributed by atoms with van der Waals surface area (Å²) in [6.45, 7) is 3.67. The van der Waals surface area contributed by atoms with Gasteiger partial charge in [0, 0.05) is 15.4 Å². The van der Waals surface area contributed by atoms with E-state index in [9.17, 15) is 13.6 Å². The minimum absolute atomic E-state index is 0.00137. The van der Waals surface area contributed by atoms with E-state index in [1.165, 1.54) is 18.4 Å². The first-order valence-electron chi connectivity index (χ1n) is 6.65. The number of thiophene rings is 1. The van der Waals surface area contributed by atoms with Gasteiger partial charge >= 0.3 is 5.97 Å². The van der Waals surface area contributed by atoms with Gasteiger partial charge in [-0.05, 0) is 53.6 Å². The number of esters is 1. The Labute approximate surface area is 155 Å². The van der Waals surface area contributed by atoms with Crippen LogP contribution in [0.4, 0.5) is 19.5 Å². The average molecular weight is 435 g/mol. The second-order valence-electron chi connectivity index (χ2n) is 4.80. The van der Waals surface area contributed by atoms with Crippen LogP contribution in [0.1, 0.15) is 20.8 Å². The Balaban J connectivity index is 2.26. The number of carbonyl (C=O) groups is 1. The van der Waals surface area contributed by atoms with E-state index in [1.54, 1.807) is 6.92 Å². The molecule has 0 radical (unpaired) electrons. The minimum atomic E-state index is -0.794. The maximum atomic E-state index is 13.8. The molecule has 1 heterocycles. The fraction of sp³-hybridized carbons (Fsp3) is 0.200. The highest BCUT2D eigenvalue weighted by Gasteiger charge is 2.21. The summed E-state index contributed by atoms with van der Waals surface area (Å²) in [5.74, 6) is -1.99. The lowest BCUT2D eigenvalue weighted by molar-refractivity contribution is 0.0601. The Bertz CT molecular complexity index is 801. The van der Waals surface area contributed by atoms with Gasteiger partial charge in [0.15, 0.2) is 10.9 Å². The van der Waals surface area contributed by atoms with Gasteiger partial charge in [0.1, 0.15) is 10.8 Å². The van der Waals surface area contributed by atoms with Gasteiger partial charge in [0.25, 0.3) is 0 Å². The molecule has 2 N–H and O–H groups in total. The van der Waals surface area contributed by atoms with Gasteiger partial charge < -0.3 is 15.4 Å². The molecule has 1 aromatic heterocycles. The first-order chi connectivity index (χ1) is 11.2. The van der Waals surface area contributed by atoms with E-state index >= 15 is 0 Å². The van der Waals surface area contributed by atoms with Crippen LogP contribution in [0.3, 0.4) is 0 Å². The molecule has 0 aliphatic rings. The van der Waals surface area contributed by atoms with Crippen molar-refractivity contribution >= 4 is 61.3 Å². The van der Waals surface area contributed by atoms with Crippen LogP contribution >= 0.6 is 39.5 Å². The predicted octanol–water partition coefficient (Wildman–Crippen LogP) is 5.00. The highest BCUT2D eigenvalue weighted by Crippen LogP contribution is 2.33. The van der Waals surface area contributed by atoms with Crippen LogP contribution in [-0.2, 0) is 4.74 Å². The number of halogens is 3. The molecule has 0 fully saturated rings. The molecular weight excluding hydrogens is 422 g/mol. The molecule has 1 aromatic carbocycles. The summed E-state index contributed by atoms with van der Waals surface area (Å²) in [6, 6.07) is 1.86. The molecule has 0 aliphatic carbocycles. The molecule has 4 nitrogen and oxygen atoms in total. The van der Waals surface area contributed by atoms with Crippen molar-refractivity contribution in [1.82, 2.24) is 0 Å². The van der Waals surface area contributed by atoms with Crippen LogP contribution in [-0.4, -0.2) is 18.2 Å². The number of benzene rings is 1. The zero-order valence-corrected chi connectivity index (χ0v) is 16.1. The number of rotatable bonds is 3. The standard InChI is InChI=1S/C15H13BrF2N2O2S2/c1-6-7(2)24-13(11(6)14(21)22-3)20-15(23)19-12-9(16)4-8(17)5-10(12)18/h4-5H,1-3H3,(H2,19,20,23). The van der Waals surface area contributed by atoms with Crippen LogP contribution in [0.25, 0.3) is 0 Å². The number of nitrogens with one attached hydrogen (secondary N) is 2. The molecule has 0 amide bonds. The maximum absolute atomic E-state index is 13.8. The Morgan fingerprint density at radius 3 is 2.54 bits per heavy atom. The smallest absolute Gasteiger partial charge is 0.341 e. The molecule has 0 atom stereocenters. The van der Waals surface area contributed by atoms with E-state index < -0.39 is 17.6 Å². The molecule has 0 unspecified atom stereocenters. The highest BCUT2D eigenvalue weighted by molar-refractivity contribution is 9.10. The van der Waals surface area contributed by atoms with Crippen LogP contribution < -0.4 is 10.6 Å². The Morgan fingerprint density at radius 2 is 1.96 bits per heavy atom. The zero-order chi connectivity index (χ0) is 18.0. The number of hydrogen-bond donors (Lipinski definition) is 2. The highest BCUT2D eigenvalue weighted by atomic mass is 79.9. The topological polar surface area (TPSA) is 50.4 Å². The molecule has 2 aromatic rings. The lowest BCUT2D eigenvalue weighted by Crippen LogP contribution is -2.21. The Kier molecular flexibility index (Phi) is 5.89. The summed E-state index contributed by atoms with van der Waals surface area (Å²) in [7, 11) is 1.29. The molecule has 24 heavy (non-hydrogen) atoms. The lowest BCUT2D eigenvalue weighted by atomic mass is 10.1. The normalized spacial score (nSPS) is 10.4. The quantitative estimate of drug-likeness (QED) is 0.525. The van der Waals surface area contributed by atoms with Gasteiger partial charge in [0.2, 0.25) is 0 Å². The van der Waals surface area contributed by atoms with Gasteiger partial charge in [-0.2, -0.15) is 0 Å². The second-order valence-corrected chi connectivity index (χ2v) is 7.29. The van der Waals surface area contributed by atoms with Crippen molar-refractivity contribution in [3.8, 4) is 0 Å². The lowest BCUT2D eigenvalue weighted by Gasteiger charge is -2.13. The third-order valence-corrected chi connectivity index (χ3v) is 5.20. The van der Waals surface area contributed by atoms with Crippen molar-refractivity contribution in [2.45, 2.75) is 13.8 Å². The monoisotopic (exact) mass is 434 g/mol. The molecule has 2 rings (SSSR count). The number of anilines is 2. The molecule has 128 valence electrons. The average Bonchev–Trinajstić information content (AvgIpc) is 2.76. The van der Waals surface area contributed by atoms with Gasteiger partial charge in [-0.3, -0.25) is 0 Å². The fourth-order valence-electron chi connectivity index (χ4n) is 1.97. The van der Waals surface area contributed by atoms with Crippen molar-refractivity contribution in [2.75, 3.05) is 17.7 Å². The summed E-state index contributed by atoms with van der Waals surface area (Å²) in [5.41, 5.74) is 1.16. The van der Waals surface area contributed by atoms with Crippen molar-refractivity contribution in [3.63, 3.8) is 0 Å². The summed E-state index contributed by atoms with van der Waals surface area (Å²) in [4.78, 5) is 12.9. The van der Waals surface area contributed by atoms with Crippen LogP contribution in [0.5, 0.6) is 0 Å². The van der Waals surface area contributed by atoms with Crippen molar-refractivity contribution in [1.29, 1.82) is 0 Å². The van der Waals surface area contributed by atoms with E-state index in [4.69, 9.17) is 17.0 Å². The first-order valence-corrected chi connectivity index (χ1v) is 8.67. The third kappa shape index (κ3) is 3.90.